The highest BCUT2D eigenvalue weighted by Gasteiger charge is 2.27. The van der Waals surface area contributed by atoms with Crippen LogP contribution < -0.4 is 5.32 Å². The molecule has 114 valence electrons. The fourth-order valence-corrected chi connectivity index (χ4v) is 3.05. The number of aromatic nitrogens is 1. The smallest absolute Gasteiger partial charge is 0.166 e. The zero-order valence-corrected chi connectivity index (χ0v) is 12.3. The number of piperidine rings is 1. The van der Waals surface area contributed by atoms with Gasteiger partial charge in [-0.3, -0.25) is 9.78 Å². The largest absolute Gasteiger partial charge is 0.314 e. The molecule has 2 atom stereocenters. The first-order valence-electron chi connectivity index (χ1n) is 7.64. The molecule has 1 saturated heterocycles. The minimum absolute atomic E-state index is 0.0125. The van der Waals surface area contributed by atoms with Gasteiger partial charge in [0.25, 0.3) is 0 Å². The number of hydrogen-bond acceptors (Lipinski definition) is 3. The van der Waals surface area contributed by atoms with E-state index in [9.17, 15) is 9.18 Å². The van der Waals surface area contributed by atoms with Gasteiger partial charge in [0.05, 0.1) is 0 Å². The number of benzene rings is 1. The number of nitrogens with zero attached hydrogens (tertiary/aromatic N) is 1. The summed E-state index contributed by atoms with van der Waals surface area (Å²) in [5, 5.41) is 3.48. The molecule has 22 heavy (non-hydrogen) atoms. The van der Waals surface area contributed by atoms with E-state index >= 15 is 0 Å². The van der Waals surface area contributed by atoms with Crippen LogP contribution in [0.15, 0.2) is 48.8 Å². The first kappa shape index (κ1) is 14.9. The van der Waals surface area contributed by atoms with Crippen molar-refractivity contribution < 1.29 is 9.18 Å². The number of rotatable bonds is 4. The van der Waals surface area contributed by atoms with Crippen molar-refractivity contribution in [3.8, 4) is 0 Å². The summed E-state index contributed by atoms with van der Waals surface area (Å²) < 4.78 is 13.0. The Bertz CT molecular complexity index is 627. The van der Waals surface area contributed by atoms with Gasteiger partial charge in [-0.05, 0) is 67.8 Å². The lowest BCUT2D eigenvalue weighted by atomic mass is 9.84. The van der Waals surface area contributed by atoms with E-state index in [1.807, 2.05) is 12.1 Å². The van der Waals surface area contributed by atoms with Crippen molar-refractivity contribution in [3.63, 3.8) is 0 Å². The van der Waals surface area contributed by atoms with Crippen molar-refractivity contribution in [2.75, 3.05) is 6.54 Å². The molecule has 2 aromatic rings. The Balaban J connectivity index is 1.65. The van der Waals surface area contributed by atoms with Gasteiger partial charge in [0.2, 0.25) is 0 Å². The average molecular weight is 298 g/mol. The third kappa shape index (κ3) is 3.57. The third-order valence-corrected chi connectivity index (χ3v) is 4.23. The van der Waals surface area contributed by atoms with Crippen molar-refractivity contribution in [2.24, 2.45) is 5.92 Å². The number of halogens is 1. The second-order valence-electron chi connectivity index (χ2n) is 5.80. The number of pyridine rings is 1. The fraction of sp³-hybridized carbons (Fsp3) is 0.333. The van der Waals surface area contributed by atoms with Gasteiger partial charge < -0.3 is 5.32 Å². The number of ketones is 1. The third-order valence-electron chi connectivity index (χ3n) is 4.23. The molecule has 3 rings (SSSR count). The van der Waals surface area contributed by atoms with E-state index < -0.39 is 0 Å². The highest BCUT2D eigenvalue weighted by Crippen LogP contribution is 2.23. The van der Waals surface area contributed by atoms with E-state index in [0.717, 1.165) is 25.8 Å². The number of carbonyl (C=O) groups is 1. The predicted octanol–water partition coefficient (Wildman–Crippen LogP) is 3.01. The van der Waals surface area contributed by atoms with Crippen LogP contribution in [0.3, 0.4) is 0 Å². The minimum atomic E-state index is -0.308. The molecule has 1 aromatic heterocycles. The maximum absolute atomic E-state index is 13.0. The van der Waals surface area contributed by atoms with Crippen molar-refractivity contribution >= 4 is 5.78 Å². The van der Waals surface area contributed by atoms with Crippen LogP contribution in [0.25, 0.3) is 0 Å². The molecule has 0 amide bonds. The predicted molar refractivity (Wildman–Crippen MR) is 83.2 cm³/mol. The Labute approximate surface area is 129 Å². The van der Waals surface area contributed by atoms with E-state index in [4.69, 9.17) is 0 Å². The normalized spacial score (nSPS) is 21.5. The Morgan fingerprint density at radius 1 is 1.18 bits per heavy atom. The molecule has 1 N–H and O–H groups in total. The molecule has 4 heteroatoms. The van der Waals surface area contributed by atoms with Crippen LogP contribution in [-0.4, -0.2) is 23.4 Å². The van der Waals surface area contributed by atoms with Gasteiger partial charge in [-0.1, -0.05) is 0 Å². The van der Waals surface area contributed by atoms with Crippen LogP contribution in [0.1, 0.15) is 28.8 Å². The second kappa shape index (κ2) is 6.79. The van der Waals surface area contributed by atoms with Crippen LogP contribution in [0, 0.1) is 11.7 Å². The lowest BCUT2D eigenvalue weighted by molar-refractivity contribution is 0.0878. The average Bonchev–Trinajstić information content (AvgIpc) is 2.56. The Morgan fingerprint density at radius 2 is 1.91 bits per heavy atom. The summed E-state index contributed by atoms with van der Waals surface area (Å²) >= 11 is 0. The summed E-state index contributed by atoms with van der Waals surface area (Å²) in [6.07, 6.45) is 6.13. The van der Waals surface area contributed by atoms with Crippen molar-refractivity contribution in [2.45, 2.75) is 25.3 Å². The van der Waals surface area contributed by atoms with Gasteiger partial charge in [-0.15, -0.1) is 0 Å². The lowest BCUT2D eigenvalue weighted by Gasteiger charge is -2.29. The molecule has 0 aliphatic carbocycles. The van der Waals surface area contributed by atoms with Gasteiger partial charge in [-0.2, -0.15) is 0 Å². The molecule has 0 bridgehead atoms. The van der Waals surface area contributed by atoms with E-state index in [2.05, 4.69) is 10.3 Å². The molecule has 1 aliphatic rings. The molecular weight excluding hydrogens is 279 g/mol. The lowest BCUT2D eigenvalue weighted by Crippen LogP contribution is -2.41. The van der Waals surface area contributed by atoms with Gasteiger partial charge in [0, 0.05) is 29.9 Å². The van der Waals surface area contributed by atoms with Crippen LogP contribution >= 0.6 is 0 Å². The summed E-state index contributed by atoms with van der Waals surface area (Å²) in [5.74, 6) is -0.169. The van der Waals surface area contributed by atoms with E-state index in [-0.39, 0.29) is 17.5 Å². The first-order chi connectivity index (χ1) is 10.7. The van der Waals surface area contributed by atoms with Crippen LogP contribution in [-0.2, 0) is 6.42 Å². The summed E-state index contributed by atoms with van der Waals surface area (Å²) in [7, 11) is 0. The SMILES string of the molecule is O=C(c1ccc(F)cc1)C1CCNC(Cc2ccncc2)C1. The zero-order valence-electron chi connectivity index (χ0n) is 12.3. The number of nitrogens with one attached hydrogen (secondary N) is 1. The van der Waals surface area contributed by atoms with E-state index in [1.165, 1.54) is 17.7 Å². The quantitative estimate of drug-likeness (QED) is 0.882. The number of carbonyl (C=O) groups excluding carboxylic acids is 1. The second-order valence-corrected chi connectivity index (χ2v) is 5.80. The molecule has 2 heterocycles. The molecule has 1 aromatic carbocycles. The molecule has 0 saturated carbocycles. The molecule has 1 fully saturated rings. The van der Waals surface area contributed by atoms with Crippen molar-refractivity contribution in [1.29, 1.82) is 0 Å². The minimum Gasteiger partial charge on any atom is -0.314 e. The standard InChI is InChI=1S/C18H19FN2O/c19-16-3-1-14(2-4-16)18(22)15-7-10-21-17(12-15)11-13-5-8-20-9-6-13/h1-6,8-9,15,17,21H,7,10-12H2. The summed E-state index contributed by atoms with van der Waals surface area (Å²) in [5.41, 5.74) is 1.83. The molecule has 1 aliphatic heterocycles. The Morgan fingerprint density at radius 3 is 2.64 bits per heavy atom. The molecule has 3 nitrogen and oxygen atoms in total. The summed E-state index contributed by atoms with van der Waals surface area (Å²) in [4.78, 5) is 16.6. The van der Waals surface area contributed by atoms with Gasteiger partial charge >= 0.3 is 0 Å². The monoisotopic (exact) mass is 298 g/mol. The van der Waals surface area contributed by atoms with Crippen LogP contribution in [0.2, 0.25) is 0 Å². The molecular formula is C18H19FN2O. The van der Waals surface area contributed by atoms with E-state index in [1.54, 1.807) is 24.5 Å². The van der Waals surface area contributed by atoms with Crippen LogP contribution in [0.5, 0.6) is 0 Å². The van der Waals surface area contributed by atoms with Crippen molar-refractivity contribution in [3.05, 3.63) is 65.7 Å². The van der Waals surface area contributed by atoms with Gasteiger partial charge in [0.1, 0.15) is 5.82 Å². The van der Waals surface area contributed by atoms with Crippen molar-refractivity contribution in [1.82, 2.24) is 10.3 Å². The Hall–Kier alpha value is -2.07. The molecule has 2 unspecified atom stereocenters. The Kier molecular flexibility index (Phi) is 4.59. The molecule has 0 spiro atoms. The zero-order chi connectivity index (χ0) is 15.4. The maximum atomic E-state index is 13.0. The van der Waals surface area contributed by atoms with Gasteiger partial charge in [0.15, 0.2) is 5.78 Å². The fourth-order valence-electron chi connectivity index (χ4n) is 3.05. The van der Waals surface area contributed by atoms with Crippen LogP contribution in [0.4, 0.5) is 4.39 Å². The maximum Gasteiger partial charge on any atom is 0.166 e. The highest BCUT2D eigenvalue weighted by atomic mass is 19.1. The topological polar surface area (TPSA) is 42.0 Å². The number of hydrogen-bond donors (Lipinski definition) is 1. The van der Waals surface area contributed by atoms with Gasteiger partial charge in [-0.25, -0.2) is 4.39 Å². The van der Waals surface area contributed by atoms with E-state index in [0.29, 0.717) is 11.6 Å². The molecule has 0 radical (unpaired) electrons. The number of Topliss-reactive ketones (excluding diaryl/α,β-unsaturated/α-hetero) is 1. The summed E-state index contributed by atoms with van der Waals surface area (Å²) in [6.45, 7) is 0.841. The highest BCUT2D eigenvalue weighted by molar-refractivity contribution is 5.97. The summed E-state index contributed by atoms with van der Waals surface area (Å²) in [6, 6.07) is 10.2. The first-order valence-corrected chi connectivity index (χ1v) is 7.64.